The lowest BCUT2D eigenvalue weighted by molar-refractivity contribution is -0.142. The fraction of sp³-hybridized carbons (Fsp3) is 0.421. The quantitative estimate of drug-likeness (QED) is 0.353. The van der Waals surface area contributed by atoms with E-state index in [1.807, 2.05) is 0 Å². The van der Waals surface area contributed by atoms with Crippen molar-refractivity contribution in [3.8, 4) is 11.5 Å². The van der Waals surface area contributed by atoms with E-state index in [0.29, 0.717) is 11.5 Å². The Morgan fingerprint density at radius 3 is 2.16 bits per heavy atom. The number of esters is 1. The second-order valence-electron chi connectivity index (χ2n) is 6.73. The van der Waals surface area contributed by atoms with Gasteiger partial charge in [0, 0.05) is 6.54 Å². The second kappa shape index (κ2) is 6.02. The Labute approximate surface area is 145 Å². The Balaban J connectivity index is 1.34. The van der Waals surface area contributed by atoms with Crippen molar-refractivity contribution in [1.29, 1.82) is 0 Å². The van der Waals surface area contributed by atoms with Gasteiger partial charge in [0.05, 0.1) is 25.4 Å². The molecule has 0 spiro atoms. The van der Waals surface area contributed by atoms with Crippen LogP contribution in [0.3, 0.4) is 0 Å². The molecule has 1 heterocycles. The molecule has 2 bridgehead atoms. The van der Waals surface area contributed by atoms with Crippen LogP contribution < -0.4 is 9.47 Å². The number of hydrogen-bond donors (Lipinski definition) is 0. The van der Waals surface area contributed by atoms with Crippen LogP contribution in [-0.2, 0) is 14.4 Å². The SMILES string of the molecule is COc1ccc(OC(=O)CCN2C(=O)[C@@H]3[C@H](C2=O)[C@@H]2C=C[C@H]3C2)cc1. The summed E-state index contributed by atoms with van der Waals surface area (Å²) in [7, 11) is 1.56. The van der Waals surface area contributed by atoms with Gasteiger partial charge < -0.3 is 9.47 Å². The third kappa shape index (κ3) is 2.62. The Hall–Kier alpha value is -2.63. The molecule has 4 atom stereocenters. The number of rotatable bonds is 5. The normalized spacial score (nSPS) is 29.2. The zero-order chi connectivity index (χ0) is 17.6. The molecule has 0 unspecified atom stereocenters. The van der Waals surface area contributed by atoms with E-state index in [4.69, 9.17) is 9.47 Å². The number of likely N-dealkylation sites (tertiary alicyclic amines) is 1. The van der Waals surface area contributed by atoms with Crippen LogP contribution in [-0.4, -0.2) is 36.3 Å². The number of methoxy groups -OCH3 is 1. The van der Waals surface area contributed by atoms with Crippen molar-refractivity contribution in [3.05, 3.63) is 36.4 Å². The van der Waals surface area contributed by atoms with E-state index in [1.165, 1.54) is 4.90 Å². The second-order valence-corrected chi connectivity index (χ2v) is 6.73. The van der Waals surface area contributed by atoms with Gasteiger partial charge in [0.15, 0.2) is 0 Å². The Morgan fingerprint density at radius 1 is 1.04 bits per heavy atom. The van der Waals surface area contributed by atoms with Crippen LogP contribution in [0.25, 0.3) is 0 Å². The van der Waals surface area contributed by atoms with Crippen LogP contribution in [0, 0.1) is 23.7 Å². The molecule has 1 saturated heterocycles. The highest BCUT2D eigenvalue weighted by atomic mass is 16.5. The van der Waals surface area contributed by atoms with E-state index in [0.717, 1.165) is 6.42 Å². The van der Waals surface area contributed by atoms with Gasteiger partial charge in [-0.25, -0.2) is 0 Å². The number of fused-ring (bicyclic) bond motifs is 5. The van der Waals surface area contributed by atoms with Gasteiger partial charge in [-0.2, -0.15) is 0 Å². The first-order chi connectivity index (χ1) is 12.1. The predicted octanol–water partition coefficient (Wildman–Crippen LogP) is 1.80. The molecular formula is C19H19NO5. The van der Waals surface area contributed by atoms with Gasteiger partial charge in [-0.3, -0.25) is 19.3 Å². The lowest BCUT2D eigenvalue weighted by Gasteiger charge is -2.16. The monoisotopic (exact) mass is 341 g/mol. The minimum atomic E-state index is -0.469. The summed E-state index contributed by atoms with van der Waals surface area (Å²) >= 11 is 0. The van der Waals surface area contributed by atoms with Gasteiger partial charge in [-0.15, -0.1) is 0 Å². The number of amides is 2. The maximum absolute atomic E-state index is 12.5. The number of imide groups is 1. The van der Waals surface area contributed by atoms with E-state index >= 15 is 0 Å². The van der Waals surface area contributed by atoms with Crippen molar-refractivity contribution >= 4 is 17.8 Å². The van der Waals surface area contributed by atoms with Crippen molar-refractivity contribution in [2.24, 2.45) is 23.7 Å². The molecule has 25 heavy (non-hydrogen) atoms. The van der Waals surface area contributed by atoms with Crippen molar-refractivity contribution in [2.45, 2.75) is 12.8 Å². The number of ether oxygens (including phenoxy) is 2. The number of nitrogens with zero attached hydrogens (tertiary/aromatic N) is 1. The van der Waals surface area contributed by atoms with E-state index in [-0.39, 0.29) is 48.5 Å². The van der Waals surface area contributed by atoms with Gasteiger partial charge in [0.1, 0.15) is 11.5 Å². The third-order valence-electron chi connectivity index (χ3n) is 5.39. The molecule has 6 nitrogen and oxygen atoms in total. The molecule has 2 fully saturated rings. The molecule has 0 radical (unpaired) electrons. The number of benzene rings is 1. The molecular weight excluding hydrogens is 322 g/mol. The van der Waals surface area contributed by atoms with Crippen molar-refractivity contribution in [1.82, 2.24) is 4.90 Å². The highest BCUT2D eigenvalue weighted by Gasteiger charge is 2.59. The summed E-state index contributed by atoms with van der Waals surface area (Å²) in [5, 5.41) is 0. The third-order valence-corrected chi connectivity index (χ3v) is 5.39. The van der Waals surface area contributed by atoms with Gasteiger partial charge in [0.25, 0.3) is 0 Å². The Kier molecular flexibility index (Phi) is 3.82. The molecule has 2 aliphatic carbocycles. The number of allylic oxidation sites excluding steroid dienone is 2. The summed E-state index contributed by atoms with van der Waals surface area (Å²) < 4.78 is 10.3. The lowest BCUT2D eigenvalue weighted by Crippen LogP contribution is -2.35. The number of hydrogen-bond acceptors (Lipinski definition) is 5. The average molecular weight is 341 g/mol. The maximum Gasteiger partial charge on any atom is 0.312 e. The first-order valence-electron chi connectivity index (χ1n) is 8.47. The van der Waals surface area contributed by atoms with Gasteiger partial charge in [0.2, 0.25) is 11.8 Å². The van der Waals surface area contributed by atoms with Crippen LogP contribution in [0.2, 0.25) is 0 Å². The summed E-state index contributed by atoms with van der Waals surface area (Å²) in [6, 6.07) is 6.66. The Morgan fingerprint density at radius 2 is 1.60 bits per heavy atom. The van der Waals surface area contributed by atoms with Gasteiger partial charge in [-0.05, 0) is 42.5 Å². The highest BCUT2D eigenvalue weighted by Crippen LogP contribution is 2.52. The van der Waals surface area contributed by atoms with Crippen LogP contribution in [0.15, 0.2) is 36.4 Å². The van der Waals surface area contributed by atoms with Crippen LogP contribution >= 0.6 is 0 Å². The summed E-state index contributed by atoms with van der Waals surface area (Å²) in [6.45, 7) is 0.0824. The predicted molar refractivity (Wildman–Crippen MR) is 87.7 cm³/mol. The summed E-state index contributed by atoms with van der Waals surface area (Å²) in [4.78, 5) is 38.3. The molecule has 0 N–H and O–H groups in total. The van der Waals surface area contributed by atoms with Crippen LogP contribution in [0.5, 0.6) is 11.5 Å². The standard InChI is InChI=1S/C19H19NO5/c1-24-13-4-6-14(7-5-13)25-15(21)8-9-20-18(22)16-11-2-3-12(10-11)17(16)19(20)23/h2-7,11-12,16-17H,8-10H2,1H3/t11-,12+,16-,17+. The lowest BCUT2D eigenvalue weighted by atomic mass is 9.85. The smallest absolute Gasteiger partial charge is 0.312 e. The molecule has 4 rings (SSSR count). The topological polar surface area (TPSA) is 72.9 Å². The zero-order valence-electron chi connectivity index (χ0n) is 13.9. The van der Waals surface area contributed by atoms with Crippen LogP contribution in [0.1, 0.15) is 12.8 Å². The first kappa shape index (κ1) is 15.9. The van der Waals surface area contributed by atoms with E-state index in [9.17, 15) is 14.4 Å². The minimum absolute atomic E-state index is 0.00822. The first-order valence-corrected chi connectivity index (χ1v) is 8.47. The molecule has 6 heteroatoms. The molecule has 0 aromatic heterocycles. The minimum Gasteiger partial charge on any atom is -0.497 e. The van der Waals surface area contributed by atoms with Crippen molar-refractivity contribution < 1.29 is 23.9 Å². The molecule has 1 saturated carbocycles. The summed E-state index contributed by atoms with van der Waals surface area (Å²) in [5.41, 5.74) is 0. The molecule has 130 valence electrons. The fourth-order valence-corrected chi connectivity index (χ4v) is 4.21. The molecule has 1 aromatic carbocycles. The summed E-state index contributed by atoms with van der Waals surface area (Å²) in [6.07, 6.45) is 5.00. The molecule has 1 aliphatic heterocycles. The number of carbonyl (C=O) groups excluding carboxylic acids is 3. The van der Waals surface area contributed by atoms with Crippen molar-refractivity contribution in [3.63, 3.8) is 0 Å². The van der Waals surface area contributed by atoms with Crippen LogP contribution in [0.4, 0.5) is 0 Å². The van der Waals surface area contributed by atoms with E-state index in [2.05, 4.69) is 12.2 Å². The largest absolute Gasteiger partial charge is 0.497 e. The van der Waals surface area contributed by atoms with Gasteiger partial charge in [-0.1, -0.05) is 12.2 Å². The van der Waals surface area contributed by atoms with E-state index in [1.54, 1.807) is 31.4 Å². The number of carbonyl (C=O) groups is 3. The fourth-order valence-electron chi connectivity index (χ4n) is 4.21. The van der Waals surface area contributed by atoms with Gasteiger partial charge >= 0.3 is 5.97 Å². The Bertz CT molecular complexity index is 724. The zero-order valence-corrected chi connectivity index (χ0v) is 13.9. The maximum atomic E-state index is 12.5. The summed E-state index contributed by atoms with van der Waals surface area (Å²) in [5.74, 6) is 0.259. The highest BCUT2D eigenvalue weighted by molar-refractivity contribution is 6.06. The van der Waals surface area contributed by atoms with Crippen molar-refractivity contribution in [2.75, 3.05) is 13.7 Å². The molecule has 3 aliphatic rings. The average Bonchev–Trinajstić information content (AvgIpc) is 3.29. The molecule has 2 amide bonds. The molecule has 1 aromatic rings. The van der Waals surface area contributed by atoms with E-state index < -0.39 is 5.97 Å².